The normalized spacial score (nSPS) is 16.7. The summed E-state index contributed by atoms with van der Waals surface area (Å²) < 4.78 is 6.62. The Bertz CT molecular complexity index is 1170. The highest BCUT2D eigenvalue weighted by atomic mass is 35.5. The topological polar surface area (TPSA) is 62.7 Å². The van der Waals surface area contributed by atoms with Crippen molar-refractivity contribution in [3.8, 4) is 11.5 Å². The summed E-state index contributed by atoms with van der Waals surface area (Å²) in [5.74, 6) is 0.662. The molecule has 2 saturated heterocycles. The third kappa shape index (κ3) is 18.3. The van der Waals surface area contributed by atoms with Crippen LogP contribution < -0.4 is 0 Å². The number of benzene rings is 2. The average molecular weight is 776 g/mol. The van der Waals surface area contributed by atoms with Crippen LogP contribution in [0.1, 0.15) is 127 Å². The summed E-state index contributed by atoms with van der Waals surface area (Å²) in [4.78, 5) is 9.90. The number of hydrogen-bond acceptors (Lipinski definition) is 7. The number of halogens is 2. The second-order valence-corrected chi connectivity index (χ2v) is 17.1. The number of phenolic OH excluding ortho intramolecular Hbond substituents is 2. The monoisotopic (exact) mass is 774 g/mol. The quantitative estimate of drug-likeness (QED) is 0.0923. The van der Waals surface area contributed by atoms with Gasteiger partial charge in [0.15, 0.2) is 0 Å². The number of ether oxygens (including phenoxy) is 1. The Morgan fingerprint density at radius 2 is 0.887 bits per heavy atom. The van der Waals surface area contributed by atoms with Gasteiger partial charge < -0.3 is 34.5 Å². The van der Waals surface area contributed by atoms with E-state index in [2.05, 4.69) is 33.7 Å². The number of nitrogens with zero attached hydrogens (tertiary/aromatic N) is 4. The van der Waals surface area contributed by atoms with Crippen molar-refractivity contribution in [2.75, 3.05) is 66.5 Å². The van der Waals surface area contributed by atoms with Gasteiger partial charge in [-0.3, -0.25) is 0 Å². The van der Waals surface area contributed by atoms with E-state index in [1.54, 1.807) is 24.3 Å². The first kappa shape index (κ1) is 44.1. The number of unbranched alkanes of at least 4 members (excludes halogenated alkanes) is 12. The highest BCUT2D eigenvalue weighted by Crippen LogP contribution is 2.25. The Labute approximate surface area is 333 Å². The van der Waals surface area contributed by atoms with Crippen LogP contribution in [0.3, 0.4) is 0 Å². The highest BCUT2D eigenvalue weighted by molar-refractivity contribution is 6.31. The van der Waals surface area contributed by atoms with E-state index in [4.69, 9.17) is 27.9 Å². The largest absolute Gasteiger partial charge is 0.508 e. The molecule has 2 aromatic carbocycles. The summed E-state index contributed by atoms with van der Waals surface area (Å²) in [6.07, 6.45) is 24.1. The molecule has 2 aliphatic heterocycles. The van der Waals surface area contributed by atoms with Crippen molar-refractivity contribution in [3.05, 3.63) is 57.6 Å². The summed E-state index contributed by atoms with van der Waals surface area (Å²) in [6.45, 7) is 10.9. The molecule has 0 bridgehead atoms. The van der Waals surface area contributed by atoms with Crippen LogP contribution in [0, 0.1) is 0 Å². The van der Waals surface area contributed by atoms with E-state index in [1.165, 1.54) is 155 Å². The van der Waals surface area contributed by atoms with Gasteiger partial charge in [0, 0.05) is 60.4 Å². The van der Waals surface area contributed by atoms with Crippen LogP contribution in [0.5, 0.6) is 11.5 Å². The molecule has 0 aromatic heterocycles. The first-order chi connectivity index (χ1) is 25.7. The lowest BCUT2D eigenvalue weighted by atomic mass is 10.0. The minimum absolute atomic E-state index is 0.331. The van der Waals surface area contributed by atoms with Crippen molar-refractivity contribution in [1.82, 2.24) is 19.6 Å². The van der Waals surface area contributed by atoms with E-state index in [-0.39, 0.29) is 0 Å². The lowest BCUT2D eigenvalue weighted by Crippen LogP contribution is -2.42. The zero-order valence-corrected chi connectivity index (χ0v) is 34.8. The van der Waals surface area contributed by atoms with Gasteiger partial charge in [-0.2, -0.15) is 0 Å². The van der Waals surface area contributed by atoms with Crippen molar-refractivity contribution in [2.45, 2.75) is 141 Å². The Hall–Kier alpha value is -1.58. The number of piperidine rings is 2. The van der Waals surface area contributed by atoms with Crippen molar-refractivity contribution in [1.29, 1.82) is 0 Å². The lowest BCUT2D eigenvalue weighted by molar-refractivity contribution is -0.0650. The van der Waals surface area contributed by atoms with Crippen molar-refractivity contribution in [2.24, 2.45) is 0 Å². The molecule has 0 unspecified atom stereocenters. The fourth-order valence-corrected chi connectivity index (χ4v) is 8.50. The zero-order chi connectivity index (χ0) is 37.7. The third-order valence-corrected chi connectivity index (χ3v) is 11.9. The van der Waals surface area contributed by atoms with Gasteiger partial charge in [0.1, 0.15) is 11.5 Å². The molecular formula is C44H72Cl2N4O3. The van der Waals surface area contributed by atoms with Gasteiger partial charge in [0.2, 0.25) is 0 Å². The predicted molar refractivity (Wildman–Crippen MR) is 224 cm³/mol. The summed E-state index contributed by atoms with van der Waals surface area (Å²) in [5, 5.41) is 21.4. The van der Waals surface area contributed by atoms with E-state index in [1.807, 2.05) is 12.1 Å². The number of phenols is 2. The van der Waals surface area contributed by atoms with Crippen LogP contribution in [-0.2, 0) is 17.8 Å². The second kappa shape index (κ2) is 25.6. The third-order valence-electron chi connectivity index (χ3n) is 11.4. The van der Waals surface area contributed by atoms with Crippen molar-refractivity contribution < 1.29 is 14.9 Å². The van der Waals surface area contributed by atoms with Crippen LogP contribution in [0.15, 0.2) is 36.4 Å². The zero-order valence-electron chi connectivity index (χ0n) is 33.3. The van der Waals surface area contributed by atoms with E-state index in [0.29, 0.717) is 33.8 Å². The fourth-order valence-electron chi connectivity index (χ4n) is 8.11. The maximum atomic E-state index is 10.0. The molecule has 7 nitrogen and oxygen atoms in total. The van der Waals surface area contributed by atoms with Gasteiger partial charge in [-0.1, -0.05) is 87.4 Å². The van der Waals surface area contributed by atoms with E-state index in [9.17, 15) is 10.2 Å². The first-order valence-electron chi connectivity index (χ1n) is 21.2. The van der Waals surface area contributed by atoms with Crippen LogP contribution in [-0.4, -0.2) is 108 Å². The summed E-state index contributed by atoms with van der Waals surface area (Å²) in [7, 11) is 4.24. The molecule has 2 N–H and O–H groups in total. The van der Waals surface area contributed by atoms with Crippen LogP contribution in [0.4, 0.5) is 0 Å². The van der Waals surface area contributed by atoms with Gasteiger partial charge in [0.25, 0.3) is 0 Å². The van der Waals surface area contributed by atoms with E-state index in [0.717, 1.165) is 37.3 Å². The highest BCUT2D eigenvalue weighted by Gasteiger charge is 2.25. The fraction of sp³-hybridized carbons (Fsp3) is 0.727. The first-order valence-corrected chi connectivity index (χ1v) is 21.9. The maximum Gasteiger partial charge on any atom is 0.120 e. The summed E-state index contributed by atoms with van der Waals surface area (Å²) >= 11 is 12.2. The number of rotatable bonds is 26. The molecule has 9 heteroatoms. The molecule has 300 valence electrons. The van der Waals surface area contributed by atoms with Gasteiger partial charge in [-0.05, 0) is 128 Å². The molecule has 0 atom stereocenters. The molecule has 0 saturated carbocycles. The van der Waals surface area contributed by atoms with Gasteiger partial charge >= 0.3 is 0 Å². The molecule has 2 heterocycles. The lowest BCUT2D eigenvalue weighted by Gasteiger charge is -2.37. The average Bonchev–Trinajstić information content (AvgIpc) is 3.14. The van der Waals surface area contributed by atoms with Gasteiger partial charge in [-0.15, -0.1) is 0 Å². The second-order valence-electron chi connectivity index (χ2n) is 16.2. The Morgan fingerprint density at radius 1 is 0.547 bits per heavy atom. The van der Waals surface area contributed by atoms with E-state index < -0.39 is 0 Å². The molecule has 0 aliphatic carbocycles. The Balaban J connectivity index is 0.889. The standard InChI is InChI=1S/C44H72Cl2N4O3/c1-47(35-37-33-39(45)17-19-43(37)51)25-13-9-5-3-7-11-15-27-49-29-21-41(22-30-49)53-42-23-31-50(32-24-42)28-16-12-8-4-6-10-14-26-48(2)36-38-34-40(46)18-20-44(38)52/h17-20,33-34,41-42,51-52H,3-16,21-32,35-36H2,1-2H3. The van der Waals surface area contributed by atoms with Crippen LogP contribution in [0.2, 0.25) is 10.0 Å². The molecule has 0 spiro atoms. The number of hydrogen-bond donors (Lipinski definition) is 2. The minimum atomic E-state index is 0.331. The smallest absolute Gasteiger partial charge is 0.120 e. The molecular weight excluding hydrogens is 703 g/mol. The van der Waals surface area contributed by atoms with Crippen molar-refractivity contribution in [3.63, 3.8) is 0 Å². The summed E-state index contributed by atoms with van der Waals surface area (Å²) in [6, 6.07) is 10.6. The van der Waals surface area contributed by atoms with Crippen LogP contribution >= 0.6 is 23.2 Å². The Kier molecular flexibility index (Phi) is 21.3. The molecule has 4 rings (SSSR count). The number of likely N-dealkylation sites (tertiary alicyclic amines) is 2. The number of aromatic hydroxyl groups is 2. The molecule has 0 radical (unpaired) electrons. The summed E-state index contributed by atoms with van der Waals surface area (Å²) in [5.41, 5.74) is 1.81. The SMILES string of the molecule is CN(CCCCCCCCCN1CCC(OC2CCN(CCCCCCCCCN(C)Cc3cc(Cl)ccc3O)CC2)CC1)Cc1cc(Cl)ccc1O. The molecule has 2 aliphatic rings. The predicted octanol–water partition coefficient (Wildman–Crippen LogP) is 10.4. The molecule has 2 fully saturated rings. The maximum absolute atomic E-state index is 10.0. The minimum Gasteiger partial charge on any atom is -0.508 e. The molecule has 53 heavy (non-hydrogen) atoms. The van der Waals surface area contributed by atoms with Crippen LogP contribution in [0.25, 0.3) is 0 Å². The Morgan fingerprint density at radius 3 is 1.26 bits per heavy atom. The molecule has 2 aromatic rings. The van der Waals surface area contributed by atoms with E-state index >= 15 is 0 Å². The van der Waals surface area contributed by atoms with Gasteiger partial charge in [0.05, 0.1) is 12.2 Å². The van der Waals surface area contributed by atoms with Crippen molar-refractivity contribution >= 4 is 23.2 Å². The molecule has 0 amide bonds. The van der Waals surface area contributed by atoms with Gasteiger partial charge in [-0.25, -0.2) is 0 Å².